The SMILES string of the molecule is CC(O)CN(C)c1cc(N2CCCC2)ncn1. The number of nitrogens with zero attached hydrogens (tertiary/aromatic N) is 4. The first-order valence-corrected chi connectivity index (χ1v) is 6.13. The van der Waals surface area contributed by atoms with E-state index >= 15 is 0 Å². The van der Waals surface area contributed by atoms with E-state index in [9.17, 15) is 5.11 Å². The summed E-state index contributed by atoms with van der Waals surface area (Å²) >= 11 is 0. The van der Waals surface area contributed by atoms with Crippen LogP contribution in [0.15, 0.2) is 12.4 Å². The van der Waals surface area contributed by atoms with E-state index in [4.69, 9.17) is 0 Å². The lowest BCUT2D eigenvalue weighted by Crippen LogP contribution is -2.28. The Morgan fingerprint density at radius 3 is 2.76 bits per heavy atom. The van der Waals surface area contributed by atoms with Crippen LogP contribution in [0.4, 0.5) is 11.6 Å². The van der Waals surface area contributed by atoms with Gasteiger partial charge >= 0.3 is 0 Å². The smallest absolute Gasteiger partial charge is 0.134 e. The summed E-state index contributed by atoms with van der Waals surface area (Å²) in [6, 6.07) is 1.99. The van der Waals surface area contributed by atoms with Gasteiger partial charge < -0.3 is 14.9 Å². The molecule has 17 heavy (non-hydrogen) atoms. The highest BCUT2D eigenvalue weighted by molar-refractivity contribution is 5.50. The summed E-state index contributed by atoms with van der Waals surface area (Å²) in [5.41, 5.74) is 0. The summed E-state index contributed by atoms with van der Waals surface area (Å²) in [4.78, 5) is 12.8. The molecule has 0 amide bonds. The molecule has 2 heterocycles. The van der Waals surface area contributed by atoms with Crippen molar-refractivity contribution in [2.24, 2.45) is 0 Å². The monoisotopic (exact) mass is 236 g/mol. The van der Waals surface area contributed by atoms with Gasteiger partial charge in [-0.2, -0.15) is 0 Å². The Balaban J connectivity index is 2.10. The van der Waals surface area contributed by atoms with Crippen molar-refractivity contribution in [2.45, 2.75) is 25.9 Å². The van der Waals surface area contributed by atoms with Crippen LogP contribution in [0.1, 0.15) is 19.8 Å². The van der Waals surface area contributed by atoms with E-state index in [0.29, 0.717) is 6.54 Å². The number of hydrogen-bond acceptors (Lipinski definition) is 5. The van der Waals surface area contributed by atoms with Gasteiger partial charge in [-0.3, -0.25) is 0 Å². The van der Waals surface area contributed by atoms with Gasteiger partial charge in [-0.05, 0) is 19.8 Å². The van der Waals surface area contributed by atoms with Gasteiger partial charge in [-0.1, -0.05) is 0 Å². The minimum atomic E-state index is -0.356. The third-order valence-corrected chi connectivity index (χ3v) is 3.00. The summed E-state index contributed by atoms with van der Waals surface area (Å²) in [5.74, 6) is 1.85. The van der Waals surface area contributed by atoms with E-state index in [1.807, 2.05) is 18.0 Å². The van der Waals surface area contributed by atoms with Gasteiger partial charge in [0.15, 0.2) is 0 Å². The molecule has 0 aliphatic carbocycles. The lowest BCUT2D eigenvalue weighted by atomic mass is 10.3. The van der Waals surface area contributed by atoms with E-state index in [0.717, 1.165) is 24.7 Å². The highest BCUT2D eigenvalue weighted by Gasteiger charge is 2.15. The molecule has 5 heteroatoms. The molecular weight excluding hydrogens is 216 g/mol. The Morgan fingerprint density at radius 2 is 2.12 bits per heavy atom. The molecule has 1 aliphatic heterocycles. The first kappa shape index (κ1) is 12.1. The molecule has 1 N–H and O–H groups in total. The van der Waals surface area contributed by atoms with Crippen molar-refractivity contribution in [3.05, 3.63) is 12.4 Å². The van der Waals surface area contributed by atoms with Crippen molar-refractivity contribution in [1.29, 1.82) is 0 Å². The van der Waals surface area contributed by atoms with Crippen molar-refractivity contribution in [3.8, 4) is 0 Å². The largest absolute Gasteiger partial charge is 0.392 e. The van der Waals surface area contributed by atoms with Gasteiger partial charge in [0, 0.05) is 32.7 Å². The van der Waals surface area contributed by atoms with Crippen LogP contribution in [0.3, 0.4) is 0 Å². The summed E-state index contributed by atoms with van der Waals surface area (Å²) in [7, 11) is 1.93. The number of rotatable bonds is 4. The third-order valence-electron chi connectivity index (χ3n) is 3.00. The molecule has 0 radical (unpaired) electrons. The second-order valence-electron chi connectivity index (χ2n) is 4.66. The lowest BCUT2D eigenvalue weighted by molar-refractivity contribution is 0.201. The minimum Gasteiger partial charge on any atom is -0.392 e. The number of aliphatic hydroxyl groups is 1. The van der Waals surface area contributed by atoms with E-state index in [1.54, 1.807) is 13.3 Å². The Hall–Kier alpha value is -1.36. The molecule has 5 nitrogen and oxygen atoms in total. The molecular formula is C12H20N4O. The van der Waals surface area contributed by atoms with Crippen molar-refractivity contribution < 1.29 is 5.11 Å². The molecule has 0 spiro atoms. The van der Waals surface area contributed by atoms with Crippen LogP contribution in [0.25, 0.3) is 0 Å². The molecule has 1 aromatic rings. The predicted molar refractivity (Wildman–Crippen MR) is 68.4 cm³/mol. The molecule has 0 saturated carbocycles. The summed E-state index contributed by atoms with van der Waals surface area (Å²) in [5, 5.41) is 9.37. The summed E-state index contributed by atoms with van der Waals surface area (Å²) in [6.07, 6.45) is 3.72. The molecule has 1 aromatic heterocycles. The van der Waals surface area contributed by atoms with Crippen molar-refractivity contribution in [3.63, 3.8) is 0 Å². The van der Waals surface area contributed by atoms with Gasteiger partial charge in [-0.15, -0.1) is 0 Å². The van der Waals surface area contributed by atoms with Gasteiger partial charge in [0.1, 0.15) is 18.0 Å². The second kappa shape index (κ2) is 5.31. The van der Waals surface area contributed by atoms with E-state index in [2.05, 4.69) is 14.9 Å². The molecule has 1 unspecified atom stereocenters. The van der Waals surface area contributed by atoms with Crippen molar-refractivity contribution in [1.82, 2.24) is 9.97 Å². The number of likely N-dealkylation sites (N-methyl/N-ethyl adjacent to an activating group) is 1. The van der Waals surface area contributed by atoms with Crippen LogP contribution in [-0.2, 0) is 0 Å². The van der Waals surface area contributed by atoms with Crippen LogP contribution in [0, 0.1) is 0 Å². The van der Waals surface area contributed by atoms with Gasteiger partial charge in [0.05, 0.1) is 6.10 Å². The van der Waals surface area contributed by atoms with Crippen LogP contribution >= 0.6 is 0 Å². The number of hydrogen-bond donors (Lipinski definition) is 1. The minimum absolute atomic E-state index is 0.356. The van der Waals surface area contributed by atoms with Crippen LogP contribution < -0.4 is 9.80 Å². The topological polar surface area (TPSA) is 52.5 Å². The zero-order valence-corrected chi connectivity index (χ0v) is 10.5. The number of aromatic nitrogens is 2. The fourth-order valence-electron chi connectivity index (χ4n) is 2.15. The molecule has 2 rings (SSSR count). The summed E-state index contributed by atoms with van der Waals surface area (Å²) < 4.78 is 0. The Bertz CT molecular complexity index is 363. The maximum Gasteiger partial charge on any atom is 0.134 e. The molecule has 1 aliphatic rings. The maximum absolute atomic E-state index is 9.37. The first-order chi connectivity index (χ1) is 8.16. The Kier molecular flexibility index (Phi) is 3.78. The van der Waals surface area contributed by atoms with Gasteiger partial charge in [0.25, 0.3) is 0 Å². The molecule has 0 bridgehead atoms. The number of anilines is 2. The van der Waals surface area contributed by atoms with Gasteiger partial charge in [0.2, 0.25) is 0 Å². The van der Waals surface area contributed by atoms with E-state index in [1.165, 1.54) is 12.8 Å². The predicted octanol–water partition coefficient (Wildman–Crippen LogP) is 0.894. The van der Waals surface area contributed by atoms with E-state index < -0.39 is 0 Å². The molecule has 1 fully saturated rings. The van der Waals surface area contributed by atoms with E-state index in [-0.39, 0.29) is 6.10 Å². The number of aliphatic hydroxyl groups excluding tert-OH is 1. The third kappa shape index (κ3) is 3.06. The van der Waals surface area contributed by atoms with Gasteiger partial charge in [-0.25, -0.2) is 9.97 Å². The molecule has 94 valence electrons. The average molecular weight is 236 g/mol. The highest BCUT2D eigenvalue weighted by Crippen LogP contribution is 2.20. The fourth-order valence-corrected chi connectivity index (χ4v) is 2.15. The Morgan fingerprint density at radius 1 is 1.41 bits per heavy atom. The zero-order chi connectivity index (χ0) is 12.3. The maximum atomic E-state index is 9.37. The molecule has 0 aromatic carbocycles. The second-order valence-corrected chi connectivity index (χ2v) is 4.66. The highest BCUT2D eigenvalue weighted by atomic mass is 16.3. The summed E-state index contributed by atoms with van der Waals surface area (Å²) in [6.45, 7) is 4.52. The zero-order valence-electron chi connectivity index (χ0n) is 10.5. The first-order valence-electron chi connectivity index (χ1n) is 6.13. The van der Waals surface area contributed by atoms with Crippen molar-refractivity contribution in [2.75, 3.05) is 36.5 Å². The fraction of sp³-hybridized carbons (Fsp3) is 0.667. The normalized spacial score (nSPS) is 17.2. The van der Waals surface area contributed by atoms with Crippen LogP contribution in [0.2, 0.25) is 0 Å². The molecule has 1 atom stereocenters. The molecule has 1 saturated heterocycles. The van der Waals surface area contributed by atoms with Crippen LogP contribution in [-0.4, -0.2) is 47.9 Å². The van der Waals surface area contributed by atoms with Crippen molar-refractivity contribution >= 4 is 11.6 Å². The standard InChI is InChI=1S/C12H20N4O/c1-10(17)8-15(2)11-7-12(14-9-13-11)16-5-3-4-6-16/h7,9-10,17H,3-6,8H2,1-2H3. The van der Waals surface area contributed by atoms with Crippen LogP contribution in [0.5, 0.6) is 0 Å². The Labute approximate surface area is 102 Å². The lowest BCUT2D eigenvalue weighted by Gasteiger charge is -2.22. The quantitative estimate of drug-likeness (QED) is 0.841. The average Bonchev–Trinajstić information content (AvgIpc) is 2.82.